The highest BCUT2D eigenvalue weighted by atomic mass is 16.3. The van der Waals surface area contributed by atoms with Crippen LogP contribution in [0.4, 0.5) is 0 Å². The van der Waals surface area contributed by atoms with Crippen molar-refractivity contribution in [1.82, 2.24) is 9.80 Å². The lowest BCUT2D eigenvalue weighted by Gasteiger charge is -2.33. The van der Waals surface area contributed by atoms with E-state index in [1.54, 1.807) is 16.7 Å². The summed E-state index contributed by atoms with van der Waals surface area (Å²) in [4.78, 5) is 27.0. The Labute approximate surface area is 101 Å². The molecule has 0 aromatic carbocycles. The Morgan fingerprint density at radius 2 is 1.88 bits per heavy atom. The lowest BCUT2D eigenvalue weighted by molar-refractivity contribution is -0.139. The first-order chi connectivity index (χ1) is 8.08. The molecular formula is C12H20N2O3. The molecule has 2 heterocycles. The number of likely N-dealkylation sites (tertiary alicyclic amines) is 2. The van der Waals surface area contributed by atoms with Gasteiger partial charge in [0.2, 0.25) is 11.8 Å². The van der Waals surface area contributed by atoms with Crippen molar-refractivity contribution in [3.8, 4) is 0 Å². The number of hydrogen-bond donors (Lipinski definition) is 1. The van der Waals surface area contributed by atoms with Crippen LogP contribution >= 0.6 is 0 Å². The highest BCUT2D eigenvalue weighted by molar-refractivity contribution is 5.81. The second-order valence-electron chi connectivity index (χ2n) is 5.03. The molecule has 0 aliphatic carbocycles. The summed E-state index contributed by atoms with van der Waals surface area (Å²) in [5.74, 6) is 0.0782. The van der Waals surface area contributed by atoms with Crippen molar-refractivity contribution in [3.63, 3.8) is 0 Å². The van der Waals surface area contributed by atoms with E-state index in [4.69, 9.17) is 0 Å². The van der Waals surface area contributed by atoms with E-state index < -0.39 is 0 Å². The number of aliphatic hydroxyl groups is 1. The molecule has 0 aromatic heterocycles. The number of amides is 2. The van der Waals surface area contributed by atoms with Crippen molar-refractivity contribution in [2.45, 2.75) is 32.3 Å². The molecule has 2 aliphatic rings. The summed E-state index contributed by atoms with van der Waals surface area (Å²) in [5.41, 5.74) is 0. The first kappa shape index (κ1) is 12.4. The van der Waals surface area contributed by atoms with Gasteiger partial charge in [0, 0.05) is 33.1 Å². The highest BCUT2D eigenvalue weighted by Crippen LogP contribution is 2.21. The Kier molecular flexibility index (Phi) is 3.66. The summed E-state index contributed by atoms with van der Waals surface area (Å²) >= 11 is 0. The number of rotatable bonds is 1. The predicted octanol–water partition coefficient (Wildman–Crippen LogP) is -0.162. The summed E-state index contributed by atoms with van der Waals surface area (Å²) in [7, 11) is 0. The maximum atomic E-state index is 12.2. The van der Waals surface area contributed by atoms with Gasteiger partial charge < -0.3 is 14.9 Å². The lowest BCUT2D eigenvalue weighted by atomic mass is 9.96. The van der Waals surface area contributed by atoms with Crippen LogP contribution in [0.3, 0.4) is 0 Å². The minimum absolute atomic E-state index is 0.0453. The zero-order valence-corrected chi connectivity index (χ0v) is 10.3. The zero-order chi connectivity index (χ0) is 12.4. The second kappa shape index (κ2) is 5.04. The molecule has 0 radical (unpaired) electrons. The third kappa shape index (κ3) is 2.77. The minimum atomic E-state index is -0.369. The molecule has 0 bridgehead atoms. The SMILES string of the molecule is CC(=O)N1CCCC(C(=O)N2CC[C@H](O)C2)C1. The van der Waals surface area contributed by atoms with Crippen LogP contribution in [0.15, 0.2) is 0 Å². The van der Waals surface area contributed by atoms with Crippen molar-refractivity contribution < 1.29 is 14.7 Å². The molecule has 2 fully saturated rings. The van der Waals surface area contributed by atoms with E-state index in [2.05, 4.69) is 0 Å². The topological polar surface area (TPSA) is 60.9 Å². The van der Waals surface area contributed by atoms with Crippen LogP contribution in [0, 0.1) is 5.92 Å². The van der Waals surface area contributed by atoms with Gasteiger partial charge in [-0.15, -0.1) is 0 Å². The molecule has 0 spiro atoms. The van der Waals surface area contributed by atoms with Gasteiger partial charge in [-0.1, -0.05) is 0 Å². The molecule has 1 unspecified atom stereocenters. The van der Waals surface area contributed by atoms with Crippen LogP contribution < -0.4 is 0 Å². The smallest absolute Gasteiger partial charge is 0.227 e. The third-order valence-corrected chi connectivity index (χ3v) is 3.69. The number of carbonyl (C=O) groups excluding carboxylic acids is 2. The number of piperidine rings is 1. The maximum absolute atomic E-state index is 12.2. The molecule has 17 heavy (non-hydrogen) atoms. The first-order valence-corrected chi connectivity index (χ1v) is 6.30. The van der Waals surface area contributed by atoms with E-state index in [-0.39, 0.29) is 23.8 Å². The molecule has 96 valence electrons. The molecule has 5 heteroatoms. The van der Waals surface area contributed by atoms with Gasteiger partial charge in [-0.25, -0.2) is 0 Å². The molecule has 2 saturated heterocycles. The Morgan fingerprint density at radius 1 is 1.12 bits per heavy atom. The van der Waals surface area contributed by atoms with E-state index in [0.29, 0.717) is 26.1 Å². The van der Waals surface area contributed by atoms with Gasteiger partial charge in [0.25, 0.3) is 0 Å². The van der Waals surface area contributed by atoms with Crippen molar-refractivity contribution in [2.24, 2.45) is 5.92 Å². The minimum Gasteiger partial charge on any atom is -0.391 e. The molecule has 2 atom stereocenters. The summed E-state index contributed by atoms with van der Waals surface area (Å²) in [6, 6.07) is 0. The molecular weight excluding hydrogens is 220 g/mol. The van der Waals surface area contributed by atoms with Gasteiger partial charge in [-0.3, -0.25) is 9.59 Å². The Bertz CT molecular complexity index is 319. The van der Waals surface area contributed by atoms with Crippen LogP contribution in [0.25, 0.3) is 0 Å². The number of nitrogens with zero attached hydrogens (tertiary/aromatic N) is 2. The second-order valence-corrected chi connectivity index (χ2v) is 5.03. The molecule has 2 aliphatic heterocycles. The normalized spacial score (nSPS) is 29.5. The maximum Gasteiger partial charge on any atom is 0.227 e. The fourth-order valence-electron chi connectivity index (χ4n) is 2.66. The van der Waals surface area contributed by atoms with Crippen molar-refractivity contribution in [2.75, 3.05) is 26.2 Å². The van der Waals surface area contributed by atoms with Gasteiger partial charge >= 0.3 is 0 Å². The highest BCUT2D eigenvalue weighted by Gasteiger charge is 2.33. The molecule has 5 nitrogen and oxygen atoms in total. The van der Waals surface area contributed by atoms with Crippen LogP contribution in [0.2, 0.25) is 0 Å². The van der Waals surface area contributed by atoms with E-state index in [1.807, 2.05) is 0 Å². The Morgan fingerprint density at radius 3 is 2.47 bits per heavy atom. The van der Waals surface area contributed by atoms with Crippen molar-refractivity contribution >= 4 is 11.8 Å². The Hall–Kier alpha value is -1.10. The summed E-state index contributed by atoms with van der Waals surface area (Å²) in [6.07, 6.45) is 2.06. The molecule has 1 N–H and O–H groups in total. The number of hydrogen-bond acceptors (Lipinski definition) is 3. The zero-order valence-electron chi connectivity index (χ0n) is 10.3. The van der Waals surface area contributed by atoms with Gasteiger partial charge in [0.15, 0.2) is 0 Å². The van der Waals surface area contributed by atoms with Crippen LogP contribution in [0.1, 0.15) is 26.2 Å². The summed E-state index contributed by atoms with van der Waals surface area (Å²) in [6.45, 7) is 3.96. The van der Waals surface area contributed by atoms with Crippen LogP contribution in [-0.2, 0) is 9.59 Å². The van der Waals surface area contributed by atoms with E-state index in [9.17, 15) is 14.7 Å². The largest absolute Gasteiger partial charge is 0.391 e. The standard InChI is InChI=1S/C12H20N2O3/c1-9(15)13-5-2-3-10(7-13)12(17)14-6-4-11(16)8-14/h10-11,16H,2-8H2,1H3/t10?,11-/m0/s1. The van der Waals surface area contributed by atoms with E-state index in [1.165, 1.54) is 0 Å². The average Bonchev–Trinajstić information content (AvgIpc) is 2.75. The van der Waals surface area contributed by atoms with Crippen molar-refractivity contribution in [1.29, 1.82) is 0 Å². The number of β-amino-alcohol motifs (C(OH)–C–C–N with tert-alkyl or cyclic N) is 1. The fourth-order valence-corrected chi connectivity index (χ4v) is 2.66. The molecule has 2 amide bonds. The monoisotopic (exact) mass is 240 g/mol. The van der Waals surface area contributed by atoms with Crippen molar-refractivity contribution in [3.05, 3.63) is 0 Å². The van der Waals surface area contributed by atoms with Gasteiger partial charge in [0.05, 0.1) is 12.0 Å². The Balaban J connectivity index is 1.93. The van der Waals surface area contributed by atoms with E-state index in [0.717, 1.165) is 19.4 Å². The number of aliphatic hydroxyl groups excluding tert-OH is 1. The van der Waals surface area contributed by atoms with Gasteiger partial charge in [-0.05, 0) is 19.3 Å². The van der Waals surface area contributed by atoms with Crippen LogP contribution in [-0.4, -0.2) is 59.0 Å². The fraction of sp³-hybridized carbons (Fsp3) is 0.833. The number of carbonyl (C=O) groups is 2. The lowest BCUT2D eigenvalue weighted by Crippen LogP contribution is -2.45. The molecule has 0 saturated carbocycles. The van der Waals surface area contributed by atoms with Gasteiger partial charge in [-0.2, -0.15) is 0 Å². The first-order valence-electron chi connectivity index (χ1n) is 6.30. The average molecular weight is 240 g/mol. The summed E-state index contributed by atoms with van der Waals surface area (Å²) in [5, 5.41) is 9.43. The molecule has 2 rings (SSSR count). The quantitative estimate of drug-likeness (QED) is 0.692. The van der Waals surface area contributed by atoms with E-state index >= 15 is 0 Å². The third-order valence-electron chi connectivity index (χ3n) is 3.69. The molecule has 0 aromatic rings. The van der Waals surface area contributed by atoms with Gasteiger partial charge in [0.1, 0.15) is 0 Å². The summed E-state index contributed by atoms with van der Waals surface area (Å²) < 4.78 is 0. The predicted molar refractivity (Wildman–Crippen MR) is 62.2 cm³/mol. The van der Waals surface area contributed by atoms with Crippen LogP contribution in [0.5, 0.6) is 0 Å².